The van der Waals surface area contributed by atoms with Crippen molar-refractivity contribution >= 4 is 44.6 Å². The average molecular weight is 378 g/mol. The molecule has 0 fully saturated rings. The molecule has 0 unspecified atom stereocenters. The molecule has 0 saturated heterocycles. The highest BCUT2D eigenvalue weighted by Crippen LogP contribution is 2.19. The van der Waals surface area contributed by atoms with Crippen molar-refractivity contribution in [1.82, 2.24) is 4.98 Å². The van der Waals surface area contributed by atoms with E-state index in [0.29, 0.717) is 17.1 Å². The first-order valence-electron chi connectivity index (χ1n) is 6.83. The van der Waals surface area contributed by atoms with Crippen LogP contribution in [0.2, 0.25) is 0 Å². The lowest BCUT2D eigenvalue weighted by Gasteiger charge is -2.06. The van der Waals surface area contributed by atoms with Gasteiger partial charge in [0.15, 0.2) is 5.71 Å². The maximum absolute atomic E-state index is 12.3. The van der Waals surface area contributed by atoms with Crippen LogP contribution in [0.25, 0.3) is 0 Å². The molecule has 0 amide bonds. The first-order chi connectivity index (χ1) is 11.7. The van der Waals surface area contributed by atoms with Gasteiger partial charge in [-0.05, 0) is 38.1 Å². The Morgan fingerprint density at radius 3 is 2.48 bits per heavy atom. The van der Waals surface area contributed by atoms with E-state index >= 15 is 0 Å². The molecule has 2 rings (SSSR count). The lowest BCUT2D eigenvalue weighted by atomic mass is 10.3. The Bertz CT molecular complexity index is 951. The average Bonchev–Trinajstić information content (AvgIpc) is 2.85. The van der Waals surface area contributed by atoms with E-state index in [2.05, 4.69) is 32.5 Å². The van der Waals surface area contributed by atoms with Crippen LogP contribution in [-0.2, 0) is 10.0 Å². The fourth-order valence-electron chi connectivity index (χ4n) is 1.65. The lowest BCUT2D eigenvalue weighted by molar-refractivity contribution is 0.542. The number of nitrogens with one attached hydrogen (secondary N) is 2. The first-order valence-corrected chi connectivity index (χ1v) is 8.72. The first kappa shape index (κ1) is 18.4. The van der Waals surface area contributed by atoms with Crippen molar-refractivity contribution in [2.75, 3.05) is 10.1 Å². The Balaban J connectivity index is 2.15. The third-order valence-electron chi connectivity index (χ3n) is 3.05. The van der Waals surface area contributed by atoms with Crippen molar-refractivity contribution in [3.8, 4) is 6.07 Å². The smallest absolute Gasteiger partial charge is 0.309 e. The Morgan fingerprint density at radius 2 is 2.00 bits per heavy atom. The number of rotatable bonds is 6. The molecule has 130 valence electrons. The molecule has 0 aliphatic heterocycles. The molecule has 0 radical (unpaired) electrons. The maximum atomic E-state index is 12.3. The van der Waals surface area contributed by atoms with Gasteiger partial charge < -0.3 is 10.2 Å². The van der Waals surface area contributed by atoms with Crippen LogP contribution in [0, 0.1) is 25.2 Å². The van der Waals surface area contributed by atoms with Gasteiger partial charge in [0, 0.05) is 0 Å². The Hall–Kier alpha value is -2.97. The number of hydrogen-bond donors (Lipinski definition) is 3. The number of nitrogens with zero attached hydrogens (tertiary/aromatic N) is 3. The Labute approximate surface area is 149 Å². The van der Waals surface area contributed by atoms with E-state index in [1.54, 1.807) is 19.9 Å². The molecule has 11 heteroatoms. The van der Waals surface area contributed by atoms with E-state index < -0.39 is 10.0 Å². The molecule has 0 spiro atoms. The highest BCUT2D eigenvalue weighted by Gasteiger charge is 2.17. The standard InChI is InChI=1S/C14H14N6O3S2/c1-8-9(2)23-14(17-8)20-25(21,22)11-5-3-10(4-6-11)18-19-12(7-15)13(16)24/h3-6,18H,1-2H3,(H2,16,24)(H,17,20)/b19-12+. The van der Waals surface area contributed by atoms with Gasteiger partial charge in [0.1, 0.15) is 16.8 Å². The molecule has 25 heavy (non-hydrogen) atoms. The molecular weight excluding hydrogens is 364 g/mol. The van der Waals surface area contributed by atoms with E-state index in [-0.39, 0.29) is 21.6 Å². The van der Waals surface area contributed by atoms with Gasteiger partial charge in [0.2, 0.25) is 0 Å². The summed E-state index contributed by atoms with van der Waals surface area (Å²) in [6, 6.07) is 7.29. The van der Waals surface area contributed by atoms with Gasteiger partial charge in [-0.3, -0.25) is 5.43 Å². The quantitative estimate of drug-likeness (QED) is 0.391. The fourth-order valence-corrected chi connectivity index (χ4v) is 2.68. The molecule has 4 N–H and O–H groups in total. The largest absolute Gasteiger partial charge is 0.428 e. The highest BCUT2D eigenvalue weighted by molar-refractivity contribution is 7.92. The number of aromatic nitrogens is 1. The summed E-state index contributed by atoms with van der Waals surface area (Å²) in [6.45, 7) is 3.39. The lowest BCUT2D eigenvalue weighted by Crippen LogP contribution is -2.20. The van der Waals surface area contributed by atoms with Crippen LogP contribution in [-0.4, -0.2) is 24.1 Å². The van der Waals surface area contributed by atoms with Gasteiger partial charge in [-0.1, -0.05) is 12.2 Å². The number of anilines is 2. The second-order valence-corrected chi connectivity index (χ2v) is 6.96. The van der Waals surface area contributed by atoms with Gasteiger partial charge >= 0.3 is 6.01 Å². The van der Waals surface area contributed by atoms with E-state index in [4.69, 9.17) is 15.4 Å². The van der Waals surface area contributed by atoms with E-state index in [1.807, 2.05) is 0 Å². The summed E-state index contributed by atoms with van der Waals surface area (Å²) in [5, 5.41) is 12.5. The van der Waals surface area contributed by atoms with Crippen molar-refractivity contribution in [3.05, 3.63) is 35.7 Å². The molecule has 1 heterocycles. The minimum absolute atomic E-state index is 0.00499. The maximum Gasteiger partial charge on any atom is 0.309 e. The number of nitriles is 1. The van der Waals surface area contributed by atoms with Gasteiger partial charge in [-0.2, -0.15) is 15.3 Å². The summed E-state index contributed by atoms with van der Waals surface area (Å²) in [5.74, 6) is 0.529. The summed E-state index contributed by atoms with van der Waals surface area (Å²) in [4.78, 5) is 3.83. The SMILES string of the molecule is Cc1nc(NS(=O)(=O)c2ccc(N/N=C(\C#N)C(N)=S)cc2)oc1C. The van der Waals surface area contributed by atoms with Gasteiger partial charge in [0.05, 0.1) is 16.3 Å². The monoisotopic (exact) mass is 378 g/mol. The number of thiocarbonyl (C=S) groups is 1. The zero-order valence-electron chi connectivity index (χ0n) is 13.3. The summed E-state index contributed by atoms with van der Waals surface area (Å²) in [6.07, 6.45) is 0. The summed E-state index contributed by atoms with van der Waals surface area (Å²) in [5.41, 5.74) is 8.79. The zero-order chi connectivity index (χ0) is 18.6. The molecule has 1 aromatic heterocycles. The van der Waals surface area contributed by atoms with Crippen LogP contribution >= 0.6 is 12.2 Å². The van der Waals surface area contributed by atoms with Crippen LogP contribution in [0.15, 0.2) is 38.7 Å². The number of oxazole rings is 1. The molecule has 1 aromatic carbocycles. The zero-order valence-corrected chi connectivity index (χ0v) is 14.9. The van der Waals surface area contributed by atoms with Crippen LogP contribution in [0.3, 0.4) is 0 Å². The number of nitrogens with two attached hydrogens (primary N) is 1. The van der Waals surface area contributed by atoms with Gasteiger partial charge in [0.25, 0.3) is 10.0 Å². The number of sulfonamides is 1. The van der Waals surface area contributed by atoms with Crippen LogP contribution in [0.1, 0.15) is 11.5 Å². The molecule has 0 saturated carbocycles. The normalized spacial score (nSPS) is 11.6. The van der Waals surface area contributed by atoms with Crippen molar-refractivity contribution in [3.63, 3.8) is 0 Å². The third-order valence-corrected chi connectivity index (χ3v) is 4.58. The second-order valence-electron chi connectivity index (χ2n) is 4.84. The Morgan fingerprint density at radius 1 is 1.36 bits per heavy atom. The van der Waals surface area contributed by atoms with Gasteiger partial charge in [-0.15, -0.1) is 0 Å². The minimum atomic E-state index is -3.85. The molecule has 0 bridgehead atoms. The topological polar surface area (TPSA) is 146 Å². The van der Waals surface area contributed by atoms with Crippen molar-refractivity contribution < 1.29 is 12.8 Å². The summed E-state index contributed by atoms with van der Waals surface area (Å²) < 4.78 is 32.1. The van der Waals surface area contributed by atoms with Crippen molar-refractivity contribution in [1.29, 1.82) is 5.26 Å². The predicted molar refractivity (Wildman–Crippen MR) is 96.7 cm³/mol. The van der Waals surface area contributed by atoms with Crippen molar-refractivity contribution in [2.24, 2.45) is 10.8 Å². The van der Waals surface area contributed by atoms with E-state index in [9.17, 15) is 8.42 Å². The molecule has 2 aromatic rings. The number of hydrogen-bond acceptors (Lipinski definition) is 8. The van der Waals surface area contributed by atoms with E-state index in [1.165, 1.54) is 24.3 Å². The Kier molecular flexibility index (Phi) is 5.35. The summed E-state index contributed by atoms with van der Waals surface area (Å²) >= 11 is 4.66. The number of hydrazone groups is 1. The highest BCUT2D eigenvalue weighted by atomic mass is 32.2. The minimum Gasteiger partial charge on any atom is -0.428 e. The molecule has 9 nitrogen and oxygen atoms in total. The van der Waals surface area contributed by atoms with Crippen LogP contribution in [0.5, 0.6) is 0 Å². The number of benzene rings is 1. The molecule has 0 aliphatic rings. The molecule has 0 aliphatic carbocycles. The van der Waals surface area contributed by atoms with Gasteiger partial charge in [-0.25, -0.2) is 13.1 Å². The molecular formula is C14H14N6O3S2. The van der Waals surface area contributed by atoms with Crippen molar-refractivity contribution in [2.45, 2.75) is 18.7 Å². The van der Waals surface area contributed by atoms with Crippen LogP contribution < -0.4 is 15.9 Å². The third kappa shape index (κ3) is 4.52. The predicted octanol–water partition coefficient (Wildman–Crippen LogP) is 1.67. The fraction of sp³-hybridized carbons (Fsp3) is 0.143. The molecule has 0 atom stereocenters. The number of aryl methyl sites for hydroxylation is 2. The second kappa shape index (κ2) is 7.29. The summed E-state index contributed by atoms with van der Waals surface area (Å²) in [7, 11) is -3.85. The van der Waals surface area contributed by atoms with Crippen LogP contribution in [0.4, 0.5) is 11.7 Å². The van der Waals surface area contributed by atoms with E-state index in [0.717, 1.165) is 0 Å².